The van der Waals surface area contributed by atoms with E-state index in [1.54, 1.807) is 6.20 Å². The summed E-state index contributed by atoms with van der Waals surface area (Å²) in [6.07, 6.45) is 3.52. The van der Waals surface area contributed by atoms with Crippen molar-refractivity contribution in [3.8, 4) is 11.4 Å². The fourth-order valence-corrected chi connectivity index (χ4v) is 2.92. The van der Waals surface area contributed by atoms with Crippen LogP contribution < -0.4 is 5.32 Å². The maximum atomic E-state index is 12.4. The van der Waals surface area contributed by atoms with Crippen molar-refractivity contribution in [2.45, 2.75) is 13.0 Å². The molecule has 6 heteroatoms. The number of hydrogen-bond donors (Lipinski definition) is 2. The number of nitrogens with one attached hydrogen (secondary N) is 2. The number of carbonyl (C=O) groups excluding carboxylic acids is 1. The van der Waals surface area contributed by atoms with Crippen molar-refractivity contribution in [3.63, 3.8) is 0 Å². The number of fused-ring (bicyclic) bond motifs is 1. The molecule has 0 aliphatic rings. The van der Waals surface area contributed by atoms with Crippen LogP contribution in [0.3, 0.4) is 0 Å². The molecule has 0 fully saturated rings. The van der Waals surface area contributed by atoms with Gasteiger partial charge in [-0.15, -0.1) is 0 Å². The highest BCUT2D eigenvalue weighted by atomic mass is 16.1. The molecule has 0 unspecified atom stereocenters. The first-order valence-corrected chi connectivity index (χ1v) is 8.33. The molecule has 2 N–H and O–H groups in total. The average molecular weight is 343 g/mol. The summed E-state index contributed by atoms with van der Waals surface area (Å²) in [5.74, 6) is 0.674. The van der Waals surface area contributed by atoms with Crippen LogP contribution in [0.4, 0.5) is 0 Å². The van der Waals surface area contributed by atoms with E-state index in [2.05, 4.69) is 25.5 Å². The summed E-state index contributed by atoms with van der Waals surface area (Å²) in [4.78, 5) is 20.9. The minimum Gasteiger partial charge on any atom is -0.352 e. The van der Waals surface area contributed by atoms with Crippen molar-refractivity contribution in [1.29, 1.82) is 0 Å². The maximum Gasteiger partial charge on any atom is 0.224 e. The van der Waals surface area contributed by atoms with Crippen molar-refractivity contribution in [3.05, 3.63) is 78.2 Å². The lowest BCUT2D eigenvalue weighted by molar-refractivity contribution is -0.120. The molecule has 0 bridgehead atoms. The predicted octanol–water partition coefficient (Wildman–Crippen LogP) is 2.88. The van der Waals surface area contributed by atoms with Crippen LogP contribution in [0.1, 0.15) is 11.1 Å². The number of rotatable bonds is 5. The maximum absolute atomic E-state index is 12.4. The third kappa shape index (κ3) is 3.44. The molecule has 0 radical (unpaired) electrons. The standard InChI is InChI=1S/C20H17N5O/c26-18(11-16-6-2-5-15-8-3-9-21-19(15)16)22-12-14-4-1-7-17(10-14)20-23-13-24-25-20/h1-10,13H,11-12H2,(H,22,26)(H,23,24,25). The van der Waals surface area contributed by atoms with Crippen LogP contribution in [0, 0.1) is 0 Å². The van der Waals surface area contributed by atoms with Crippen LogP contribution in [0.5, 0.6) is 0 Å². The number of para-hydroxylation sites is 1. The number of H-pyrrole nitrogens is 1. The number of benzene rings is 2. The molecule has 4 aromatic rings. The largest absolute Gasteiger partial charge is 0.352 e. The first kappa shape index (κ1) is 16.0. The number of amides is 1. The molecule has 2 aromatic heterocycles. The summed E-state index contributed by atoms with van der Waals surface area (Å²) in [6.45, 7) is 0.457. The van der Waals surface area contributed by atoms with Gasteiger partial charge in [0.1, 0.15) is 6.33 Å². The van der Waals surface area contributed by atoms with E-state index in [4.69, 9.17) is 0 Å². The molecule has 0 spiro atoms. The smallest absolute Gasteiger partial charge is 0.224 e. The second-order valence-corrected chi connectivity index (χ2v) is 5.98. The highest BCUT2D eigenvalue weighted by molar-refractivity contribution is 5.87. The molecule has 0 saturated carbocycles. The lowest BCUT2D eigenvalue weighted by atomic mass is 10.1. The van der Waals surface area contributed by atoms with E-state index < -0.39 is 0 Å². The van der Waals surface area contributed by atoms with Crippen molar-refractivity contribution in [2.75, 3.05) is 0 Å². The number of aromatic nitrogens is 4. The zero-order valence-corrected chi connectivity index (χ0v) is 14.0. The summed E-state index contributed by atoms with van der Waals surface area (Å²) in [5, 5.41) is 10.7. The Kier molecular flexibility index (Phi) is 4.38. The molecule has 6 nitrogen and oxygen atoms in total. The Morgan fingerprint density at radius 3 is 2.81 bits per heavy atom. The Morgan fingerprint density at radius 2 is 1.92 bits per heavy atom. The van der Waals surface area contributed by atoms with Gasteiger partial charge in [-0.25, -0.2) is 4.98 Å². The SMILES string of the molecule is O=C(Cc1cccc2cccnc12)NCc1cccc(-c2ncn[nH]2)c1. The first-order valence-electron chi connectivity index (χ1n) is 8.33. The van der Waals surface area contributed by atoms with Gasteiger partial charge in [-0.05, 0) is 23.3 Å². The summed E-state index contributed by atoms with van der Waals surface area (Å²) in [5.41, 5.74) is 3.74. The molecule has 1 amide bonds. The fraction of sp³-hybridized carbons (Fsp3) is 0.100. The lowest BCUT2D eigenvalue weighted by Crippen LogP contribution is -2.24. The van der Waals surface area contributed by atoms with Gasteiger partial charge in [0, 0.05) is 23.7 Å². The zero-order valence-electron chi connectivity index (χ0n) is 14.0. The Bertz CT molecular complexity index is 1040. The van der Waals surface area contributed by atoms with E-state index in [0.29, 0.717) is 18.8 Å². The van der Waals surface area contributed by atoms with Crippen LogP contribution in [-0.2, 0) is 17.8 Å². The minimum absolute atomic E-state index is 0.0341. The first-order chi connectivity index (χ1) is 12.8. The van der Waals surface area contributed by atoms with E-state index in [9.17, 15) is 4.79 Å². The van der Waals surface area contributed by atoms with E-state index in [0.717, 1.165) is 27.6 Å². The number of hydrogen-bond acceptors (Lipinski definition) is 4. The molecule has 0 aliphatic heterocycles. The van der Waals surface area contributed by atoms with Gasteiger partial charge in [-0.2, -0.15) is 5.10 Å². The molecule has 2 heterocycles. The summed E-state index contributed by atoms with van der Waals surface area (Å²) < 4.78 is 0. The Hall–Kier alpha value is -3.54. The number of pyridine rings is 1. The van der Waals surface area contributed by atoms with Crippen molar-refractivity contribution in [1.82, 2.24) is 25.5 Å². The Morgan fingerprint density at radius 1 is 1.04 bits per heavy atom. The third-order valence-electron chi connectivity index (χ3n) is 4.17. The van der Waals surface area contributed by atoms with Gasteiger partial charge in [-0.1, -0.05) is 42.5 Å². The van der Waals surface area contributed by atoms with Gasteiger partial charge in [-0.3, -0.25) is 14.9 Å². The number of aromatic amines is 1. The number of carbonyl (C=O) groups is 1. The van der Waals surface area contributed by atoms with Gasteiger partial charge in [0.2, 0.25) is 5.91 Å². The Labute approximate surface area is 150 Å². The molecule has 0 saturated heterocycles. The zero-order chi connectivity index (χ0) is 17.8. The van der Waals surface area contributed by atoms with E-state index in [1.807, 2.05) is 54.6 Å². The van der Waals surface area contributed by atoms with E-state index in [-0.39, 0.29) is 5.91 Å². The summed E-state index contributed by atoms with van der Waals surface area (Å²) in [6, 6.07) is 17.6. The van der Waals surface area contributed by atoms with Gasteiger partial charge in [0.05, 0.1) is 11.9 Å². The average Bonchev–Trinajstić information content (AvgIpc) is 3.22. The van der Waals surface area contributed by atoms with Crippen molar-refractivity contribution < 1.29 is 4.79 Å². The molecular formula is C20H17N5O. The molecule has 128 valence electrons. The van der Waals surface area contributed by atoms with Crippen molar-refractivity contribution in [2.24, 2.45) is 0 Å². The van der Waals surface area contributed by atoms with Crippen LogP contribution in [0.15, 0.2) is 67.1 Å². The summed E-state index contributed by atoms with van der Waals surface area (Å²) in [7, 11) is 0. The van der Waals surface area contributed by atoms with Gasteiger partial charge in [0.15, 0.2) is 5.82 Å². The quantitative estimate of drug-likeness (QED) is 0.584. The highest BCUT2D eigenvalue weighted by Gasteiger charge is 2.08. The van der Waals surface area contributed by atoms with Crippen LogP contribution >= 0.6 is 0 Å². The predicted molar refractivity (Wildman–Crippen MR) is 99.1 cm³/mol. The Balaban J connectivity index is 1.43. The van der Waals surface area contributed by atoms with Gasteiger partial charge in [0.25, 0.3) is 0 Å². The molecule has 4 rings (SSSR count). The van der Waals surface area contributed by atoms with E-state index in [1.165, 1.54) is 6.33 Å². The fourth-order valence-electron chi connectivity index (χ4n) is 2.92. The number of nitrogens with zero attached hydrogens (tertiary/aromatic N) is 3. The third-order valence-corrected chi connectivity index (χ3v) is 4.17. The minimum atomic E-state index is -0.0341. The van der Waals surface area contributed by atoms with Crippen LogP contribution in [0.25, 0.3) is 22.3 Å². The molecule has 2 aromatic carbocycles. The molecule has 26 heavy (non-hydrogen) atoms. The topological polar surface area (TPSA) is 83.6 Å². The van der Waals surface area contributed by atoms with E-state index >= 15 is 0 Å². The van der Waals surface area contributed by atoms with Gasteiger partial charge < -0.3 is 5.32 Å². The van der Waals surface area contributed by atoms with Crippen LogP contribution in [-0.4, -0.2) is 26.1 Å². The monoisotopic (exact) mass is 343 g/mol. The van der Waals surface area contributed by atoms with Gasteiger partial charge >= 0.3 is 0 Å². The highest BCUT2D eigenvalue weighted by Crippen LogP contribution is 2.17. The summed E-state index contributed by atoms with van der Waals surface area (Å²) >= 11 is 0. The second kappa shape index (κ2) is 7.14. The lowest BCUT2D eigenvalue weighted by Gasteiger charge is -2.08. The second-order valence-electron chi connectivity index (χ2n) is 5.98. The van der Waals surface area contributed by atoms with Crippen molar-refractivity contribution >= 4 is 16.8 Å². The molecule has 0 atom stereocenters. The molecular weight excluding hydrogens is 326 g/mol. The van der Waals surface area contributed by atoms with Crippen LogP contribution in [0.2, 0.25) is 0 Å². The molecule has 0 aliphatic carbocycles. The normalized spacial score (nSPS) is 10.8.